The lowest BCUT2D eigenvalue weighted by Gasteiger charge is -2.29. The second-order valence-corrected chi connectivity index (χ2v) is 4.97. The molecule has 1 aromatic heterocycles. The molecule has 2 heterocycles. The van der Waals surface area contributed by atoms with Crippen LogP contribution in [0, 0.1) is 0 Å². The Kier molecular flexibility index (Phi) is 3.03. The highest BCUT2D eigenvalue weighted by Gasteiger charge is 2.32. The third-order valence-corrected chi connectivity index (χ3v) is 3.90. The number of H-pyrrole nitrogens is 1. The van der Waals surface area contributed by atoms with Crippen LogP contribution >= 0.6 is 0 Å². The lowest BCUT2D eigenvalue weighted by atomic mass is 9.93. The van der Waals surface area contributed by atoms with Crippen molar-refractivity contribution >= 4 is 16.9 Å². The molecule has 0 unspecified atom stereocenters. The summed E-state index contributed by atoms with van der Waals surface area (Å²) in [6.07, 6.45) is 1.62. The van der Waals surface area contributed by atoms with Gasteiger partial charge in [-0.2, -0.15) is 0 Å². The number of rotatable bonds is 2. The van der Waals surface area contributed by atoms with Crippen molar-refractivity contribution in [2.75, 3.05) is 7.11 Å². The van der Waals surface area contributed by atoms with Crippen molar-refractivity contribution in [3.63, 3.8) is 0 Å². The highest BCUT2D eigenvalue weighted by Crippen LogP contribution is 2.33. The van der Waals surface area contributed by atoms with Crippen molar-refractivity contribution in [3.8, 4) is 0 Å². The second-order valence-electron chi connectivity index (χ2n) is 4.97. The number of fused-ring (bicyclic) bond motifs is 3. The minimum absolute atomic E-state index is 0.181. The Labute approximate surface area is 112 Å². The lowest BCUT2D eigenvalue weighted by Crippen LogP contribution is -2.45. The fourth-order valence-corrected chi connectivity index (χ4v) is 2.94. The monoisotopic (exact) mass is 258 g/mol. The number of hydrogen-bond acceptors (Lipinski definition) is 3. The normalized spacial score (nSPS) is 22.2. The van der Waals surface area contributed by atoms with Gasteiger partial charge in [0.15, 0.2) is 0 Å². The van der Waals surface area contributed by atoms with Gasteiger partial charge in [0.25, 0.3) is 0 Å². The van der Waals surface area contributed by atoms with Gasteiger partial charge in [-0.1, -0.05) is 25.1 Å². The van der Waals surface area contributed by atoms with Crippen LogP contribution in [0.4, 0.5) is 0 Å². The lowest BCUT2D eigenvalue weighted by molar-refractivity contribution is -0.143. The van der Waals surface area contributed by atoms with Gasteiger partial charge in [-0.15, -0.1) is 0 Å². The van der Waals surface area contributed by atoms with Crippen molar-refractivity contribution in [2.45, 2.75) is 31.8 Å². The smallest absolute Gasteiger partial charge is 0.323 e. The van der Waals surface area contributed by atoms with Crippen molar-refractivity contribution in [2.24, 2.45) is 0 Å². The molecule has 0 radical (unpaired) electrons. The average Bonchev–Trinajstić information content (AvgIpc) is 2.84. The van der Waals surface area contributed by atoms with Crippen LogP contribution in [-0.4, -0.2) is 24.1 Å². The zero-order valence-electron chi connectivity index (χ0n) is 11.2. The summed E-state index contributed by atoms with van der Waals surface area (Å²) in [5.41, 5.74) is 3.60. The molecule has 1 aliphatic heterocycles. The van der Waals surface area contributed by atoms with E-state index in [0.29, 0.717) is 6.42 Å². The van der Waals surface area contributed by atoms with Crippen molar-refractivity contribution < 1.29 is 9.53 Å². The summed E-state index contributed by atoms with van der Waals surface area (Å²) in [6.45, 7) is 2.12. The van der Waals surface area contributed by atoms with Gasteiger partial charge in [-0.05, 0) is 18.1 Å². The van der Waals surface area contributed by atoms with Gasteiger partial charge >= 0.3 is 5.97 Å². The molecular formula is C15H18N2O2. The summed E-state index contributed by atoms with van der Waals surface area (Å²) in [5.74, 6) is -0.186. The van der Waals surface area contributed by atoms with E-state index in [2.05, 4.69) is 29.4 Å². The van der Waals surface area contributed by atoms with Crippen LogP contribution in [0.3, 0.4) is 0 Å². The van der Waals surface area contributed by atoms with Gasteiger partial charge < -0.3 is 9.72 Å². The number of methoxy groups -OCH3 is 1. The minimum atomic E-state index is -0.248. The van der Waals surface area contributed by atoms with Crippen LogP contribution in [-0.2, 0) is 16.0 Å². The second kappa shape index (κ2) is 4.70. The molecule has 19 heavy (non-hydrogen) atoms. The van der Waals surface area contributed by atoms with E-state index in [9.17, 15) is 4.79 Å². The number of aromatic nitrogens is 1. The topological polar surface area (TPSA) is 54.1 Å². The molecule has 0 aliphatic carbocycles. The Morgan fingerprint density at radius 3 is 2.95 bits per heavy atom. The van der Waals surface area contributed by atoms with Gasteiger partial charge in [0, 0.05) is 29.1 Å². The predicted molar refractivity (Wildman–Crippen MR) is 74.0 cm³/mol. The predicted octanol–water partition coefficient (Wildman–Crippen LogP) is 2.31. The van der Waals surface area contributed by atoms with Gasteiger partial charge in [0.05, 0.1) is 7.11 Å². The summed E-state index contributed by atoms with van der Waals surface area (Å²) in [4.78, 5) is 15.3. The van der Waals surface area contributed by atoms with E-state index in [1.807, 2.05) is 12.1 Å². The van der Waals surface area contributed by atoms with Gasteiger partial charge in [-0.3, -0.25) is 10.1 Å². The molecule has 100 valence electrons. The molecule has 4 heteroatoms. The van der Waals surface area contributed by atoms with Crippen LogP contribution in [0.1, 0.15) is 30.6 Å². The maximum absolute atomic E-state index is 11.8. The Balaban J connectivity index is 2.09. The van der Waals surface area contributed by atoms with Crippen LogP contribution in [0.5, 0.6) is 0 Å². The van der Waals surface area contributed by atoms with Gasteiger partial charge in [0.2, 0.25) is 0 Å². The van der Waals surface area contributed by atoms with E-state index < -0.39 is 0 Å². The fraction of sp³-hybridized carbons (Fsp3) is 0.400. The molecule has 0 fully saturated rings. The Morgan fingerprint density at radius 1 is 1.42 bits per heavy atom. The standard InChI is InChI=1S/C15H18N2O2/c1-3-11-14-10(8-13(16-11)15(18)19-2)9-6-4-5-7-12(9)17-14/h4-7,11,13,16-17H,3,8H2,1-2H3/t11-,13+/m1/s1. The van der Waals surface area contributed by atoms with E-state index in [1.54, 1.807) is 0 Å². The molecule has 0 spiro atoms. The molecule has 2 N–H and O–H groups in total. The average molecular weight is 258 g/mol. The fourth-order valence-electron chi connectivity index (χ4n) is 2.94. The molecule has 0 saturated heterocycles. The molecule has 3 rings (SSSR count). The van der Waals surface area contributed by atoms with Gasteiger partial charge in [-0.25, -0.2) is 0 Å². The third-order valence-electron chi connectivity index (χ3n) is 3.90. The molecular weight excluding hydrogens is 240 g/mol. The van der Waals surface area contributed by atoms with Crippen LogP contribution in [0.15, 0.2) is 24.3 Å². The first-order chi connectivity index (χ1) is 9.24. The summed E-state index contributed by atoms with van der Waals surface area (Å²) in [7, 11) is 1.44. The molecule has 0 saturated carbocycles. The van der Waals surface area contributed by atoms with E-state index in [4.69, 9.17) is 4.74 Å². The number of hydrogen-bond donors (Lipinski definition) is 2. The van der Waals surface area contributed by atoms with Crippen molar-refractivity contribution in [1.82, 2.24) is 10.3 Å². The summed E-state index contributed by atoms with van der Waals surface area (Å²) in [5, 5.41) is 4.58. The van der Waals surface area contributed by atoms with E-state index in [1.165, 1.54) is 23.8 Å². The number of ether oxygens (including phenoxy) is 1. The van der Waals surface area contributed by atoms with Gasteiger partial charge in [0.1, 0.15) is 6.04 Å². The SMILES string of the molecule is CC[C@H]1N[C@H](C(=O)OC)Cc2c1[nH]c1ccccc21. The molecule has 2 aromatic rings. The molecule has 4 nitrogen and oxygen atoms in total. The highest BCUT2D eigenvalue weighted by molar-refractivity contribution is 5.87. The zero-order valence-corrected chi connectivity index (χ0v) is 11.2. The maximum atomic E-state index is 11.8. The van der Waals surface area contributed by atoms with E-state index in [-0.39, 0.29) is 18.1 Å². The maximum Gasteiger partial charge on any atom is 0.323 e. The minimum Gasteiger partial charge on any atom is -0.468 e. The number of benzene rings is 1. The van der Waals surface area contributed by atoms with Crippen LogP contribution in [0.2, 0.25) is 0 Å². The number of aromatic amines is 1. The Hall–Kier alpha value is -1.81. The quantitative estimate of drug-likeness (QED) is 0.813. The Bertz CT molecular complexity index is 618. The van der Waals surface area contributed by atoms with Crippen LogP contribution < -0.4 is 5.32 Å². The summed E-state index contributed by atoms with van der Waals surface area (Å²) >= 11 is 0. The molecule has 0 bridgehead atoms. The Morgan fingerprint density at radius 2 is 2.21 bits per heavy atom. The number of para-hydroxylation sites is 1. The number of carbonyl (C=O) groups excluding carboxylic acids is 1. The first-order valence-corrected chi connectivity index (χ1v) is 6.68. The first kappa shape index (κ1) is 12.2. The summed E-state index contributed by atoms with van der Waals surface area (Å²) in [6, 6.07) is 8.18. The highest BCUT2D eigenvalue weighted by atomic mass is 16.5. The molecule has 0 amide bonds. The number of carbonyl (C=O) groups is 1. The first-order valence-electron chi connectivity index (χ1n) is 6.68. The van der Waals surface area contributed by atoms with Crippen LogP contribution in [0.25, 0.3) is 10.9 Å². The van der Waals surface area contributed by atoms with Crippen molar-refractivity contribution in [3.05, 3.63) is 35.5 Å². The van der Waals surface area contributed by atoms with E-state index >= 15 is 0 Å². The zero-order chi connectivity index (χ0) is 13.4. The molecule has 1 aromatic carbocycles. The molecule has 1 aliphatic rings. The number of esters is 1. The largest absolute Gasteiger partial charge is 0.468 e. The number of nitrogens with one attached hydrogen (secondary N) is 2. The molecule has 2 atom stereocenters. The van der Waals surface area contributed by atoms with E-state index in [0.717, 1.165) is 11.9 Å². The summed E-state index contributed by atoms with van der Waals surface area (Å²) < 4.78 is 4.87. The van der Waals surface area contributed by atoms with Crippen molar-refractivity contribution in [1.29, 1.82) is 0 Å². The third kappa shape index (κ3) is 1.92.